The quantitative estimate of drug-likeness (QED) is 0.819. The predicted octanol–water partition coefficient (Wildman–Crippen LogP) is 3.67. The van der Waals surface area contributed by atoms with Gasteiger partial charge in [0.25, 0.3) is 0 Å². The average molecular weight is 381 g/mol. The van der Waals surface area contributed by atoms with E-state index in [0.717, 1.165) is 25.5 Å². The smallest absolute Gasteiger partial charge is 0.416 e. The number of rotatable bonds is 5. The molecular formula is C17H24ClF3N2O2. The van der Waals surface area contributed by atoms with Crippen LogP contribution in [0.25, 0.3) is 0 Å². The molecule has 1 atom stereocenters. The molecule has 0 aliphatic carbocycles. The third kappa shape index (κ3) is 6.40. The zero-order valence-corrected chi connectivity index (χ0v) is 15.1. The molecule has 1 heterocycles. The van der Waals surface area contributed by atoms with Gasteiger partial charge in [0.05, 0.1) is 17.7 Å². The molecule has 1 aromatic rings. The first-order chi connectivity index (χ1) is 11.3. The van der Waals surface area contributed by atoms with Gasteiger partial charge >= 0.3 is 6.18 Å². The van der Waals surface area contributed by atoms with Gasteiger partial charge in [0.15, 0.2) is 0 Å². The number of benzene rings is 1. The van der Waals surface area contributed by atoms with Crippen molar-refractivity contribution in [1.29, 1.82) is 0 Å². The highest BCUT2D eigenvalue weighted by Crippen LogP contribution is 2.34. The minimum atomic E-state index is -4.50. The van der Waals surface area contributed by atoms with E-state index in [1.807, 2.05) is 0 Å². The second-order valence-corrected chi connectivity index (χ2v) is 6.20. The van der Waals surface area contributed by atoms with Crippen molar-refractivity contribution in [3.8, 4) is 5.75 Å². The van der Waals surface area contributed by atoms with Gasteiger partial charge < -0.3 is 15.4 Å². The van der Waals surface area contributed by atoms with E-state index in [0.29, 0.717) is 6.42 Å². The fraction of sp³-hybridized carbons (Fsp3) is 0.588. The topological polar surface area (TPSA) is 50.4 Å². The van der Waals surface area contributed by atoms with Crippen LogP contribution in [0.3, 0.4) is 0 Å². The molecule has 2 rings (SSSR count). The van der Waals surface area contributed by atoms with E-state index in [1.54, 1.807) is 13.8 Å². The second-order valence-electron chi connectivity index (χ2n) is 6.20. The van der Waals surface area contributed by atoms with Crippen LogP contribution in [0, 0.1) is 0 Å². The summed E-state index contributed by atoms with van der Waals surface area (Å²) in [6.07, 6.45) is -2.05. The van der Waals surface area contributed by atoms with Crippen LogP contribution >= 0.6 is 12.4 Å². The van der Waals surface area contributed by atoms with Crippen LogP contribution in [0.2, 0.25) is 0 Å². The van der Waals surface area contributed by atoms with Gasteiger partial charge in [-0.2, -0.15) is 13.2 Å². The van der Waals surface area contributed by atoms with Crippen LogP contribution in [0.15, 0.2) is 18.2 Å². The number of hydrogen-bond donors (Lipinski definition) is 2. The third-order valence-electron chi connectivity index (χ3n) is 3.84. The lowest BCUT2D eigenvalue weighted by atomic mass is 10.0. The maximum absolute atomic E-state index is 13.3. The molecule has 0 saturated carbocycles. The fourth-order valence-electron chi connectivity index (χ4n) is 2.70. The average Bonchev–Trinajstić information content (AvgIpc) is 2.52. The molecule has 0 bridgehead atoms. The molecule has 1 aliphatic heterocycles. The standard InChI is InChI=1S/C17H23F3N2O2.ClH/c1-11(2)24-13-7-6-12(14(9-13)17(18,19)20)10-22-16(23)15-5-3-4-8-21-15;/h6-7,9,11,15,21H,3-5,8,10H2,1-2H3,(H,22,23);1H. The molecule has 8 heteroatoms. The molecule has 2 N–H and O–H groups in total. The number of ether oxygens (including phenoxy) is 1. The van der Waals surface area contributed by atoms with Crippen molar-refractivity contribution in [1.82, 2.24) is 10.6 Å². The van der Waals surface area contributed by atoms with Crippen LogP contribution in [-0.2, 0) is 17.5 Å². The zero-order chi connectivity index (χ0) is 17.7. The van der Waals surface area contributed by atoms with Gasteiger partial charge in [-0.05, 0) is 50.9 Å². The maximum atomic E-state index is 13.3. The van der Waals surface area contributed by atoms with Crippen LogP contribution in [-0.4, -0.2) is 24.6 Å². The number of amides is 1. The molecule has 0 aromatic heterocycles. The van der Waals surface area contributed by atoms with Crippen molar-refractivity contribution in [3.05, 3.63) is 29.3 Å². The van der Waals surface area contributed by atoms with E-state index in [4.69, 9.17) is 4.74 Å². The largest absolute Gasteiger partial charge is 0.491 e. The number of alkyl halides is 3. The molecule has 1 fully saturated rings. The predicted molar refractivity (Wildman–Crippen MR) is 91.9 cm³/mol. The number of piperidine rings is 1. The molecule has 1 aliphatic rings. The zero-order valence-electron chi connectivity index (χ0n) is 14.3. The van der Waals surface area contributed by atoms with E-state index in [2.05, 4.69) is 10.6 Å². The van der Waals surface area contributed by atoms with Gasteiger partial charge in [-0.3, -0.25) is 4.79 Å². The Morgan fingerprint density at radius 2 is 2.08 bits per heavy atom. The van der Waals surface area contributed by atoms with Crippen molar-refractivity contribution >= 4 is 18.3 Å². The Hall–Kier alpha value is -1.47. The first-order valence-electron chi connectivity index (χ1n) is 8.15. The maximum Gasteiger partial charge on any atom is 0.416 e. The summed E-state index contributed by atoms with van der Waals surface area (Å²) >= 11 is 0. The number of hydrogen-bond acceptors (Lipinski definition) is 3. The summed E-state index contributed by atoms with van der Waals surface area (Å²) in [5.74, 6) is -0.0910. The SMILES string of the molecule is CC(C)Oc1ccc(CNC(=O)C2CCCCN2)c(C(F)(F)F)c1.Cl. The first kappa shape index (κ1) is 21.6. The van der Waals surface area contributed by atoms with Crippen LogP contribution in [0.5, 0.6) is 5.75 Å². The molecule has 1 unspecified atom stereocenters. The van der Waals surface area contributed by atoms with Crippen molar-refractivity contribution in [2.75, 3.05) is 6.54 Å². The summed E-state index contributed by atoms with van der Waals surface area (Å²) in [6, 6.07) is 3.52. The van der Waals surface area contributed by atoms with E-state index in [-0.39, 0.29) is 48.3 Å². The highest BCUT2D eigenvalue weighted by atomic mass is 35.5. The Balaban J connectivity index is 0.00000312. The van der Waals surface area contributed by atoms with Crippen molar-refractivity contribution < 1.29 is 22.7 Å². The lowest BCUT2D eigenvalue weighted by Gasteiger charge is -2.23. The molecule has 0 spiro atoms. The fourth-order valence-corrected chi connectivity index (χ4v) is 2.70. The monoisotopic (exact) mass is 380 g/mol. The van der Waals surface area contributed by atoms with Crippen molar-refractivity contribution in [3.63, 3.8) is 0 Å². The summed E-state index contributed by atoms with van der Waals surface area (Å²) in [4.78, 5) is 12.1. The number of carbonyl (C=O) groups excluding carboxylic acids is 1. The Morgan fingerprint density at radius 3 is 2.64 bits per heavy atom. The summed E-state index contributed by atoms with van der Waals surface area (Å²) in [6.45, 7) is 4.10. The lowest BCUT2D eigenvalue weighted by Crippen LogP contribution is -2.46. The molecule has 4 nitrogen and oxygen atoms in total. The van der Waals surface area contributed by atoms with Gasteiger partial charge in [0.1, 0.15) is 5.75 Å². The highest BCUT2D eigenvalue weighted by molar-refractivity contribution is 5.85. The normalized spacial score (nSPS) is 17.8. The van der Waals surface area contributed by atoms with Gasteiger partial charge in [0.2, 0.25) is 5.91 Å². The Morgan fingerprint density at radius 1 is 1.36 bits per heavy atom. The van der Waals surface area contributed by atoms with Gasteiger partial charge in [-0.15, -0.1) is 12.4 Å². The summed E-state index contributed by atoms with van der Waals surface area (Å²) in [7, 11) is 0. The van der Waals surface area contributed by atoms with E-state index in [1.165, 1.54) is 12.1 Å². The van der Waals surface area contributed by atoms with Crippen molar-refractivity contribution in [2.45, 2.75) is 58.0 Å². The minimum Gasteiger partial charge on any atom is -0.491 e. The van der Waals surface area contributed by atoms with Gasteiger partial charge in [-0.25, -0.2) is 0 Å². The first-order valence-corrected chi connectivity index (χ1v) is 8.15. The Labute approximate surface area is 151 Å². The van der Waals surface area contributed by atoms with Crippen LogP contribution < -0.4 is 15.4 Å². The molecule has 0 radical (unpaired) electrons. The lowest BCUT2D eigenvalue weighted by molar-refractivity contribution is -0.138. The number of nitrogens with one attached hydrogen (secondary N) is 2. The van der Waals surface area contributed by atoms with Crippen LogP contribution in [0.4, 0.5) is 13.2 Å². The third-order valence-corrected chi connectivity index (χ3v) is 3.84. The van der Waals surface area contributed by atoms with Gasteiger partial charge in [0, 0.05) is 6.54 Å². The van der Waals surface area contributed by atoms with Crippen LogP contribution in [0.1, 0.15) is 44.2 Å². The van der Waals surface area contributed by atoms with E-state index < -0.39 is 11.7 Å². The Bertz CT molecular complexity index is 574. The molecule has 1 aromatic carbocycles. The highest BCUT2D eigenvalue weighted by Gasteiger charge is 2.34. The minimum absolute atomic E-state index is 0. The van der Waals surface area contributed by atoms with E-state index >= 15 is 0 Å². The Kier molecular flexibility index (Phi) is 8.02. The summed E-state index contributed by atoms with van der Waals surface area (Å²) in [5.41, 5.74) is -0.750. The molecule has 1 saturated heterocycles. The number of carbonyl (C=O) groups is 1. The van der Waals surface area contributed by atoms with E-state index in [9.17, 15) is 18.0 Å². The van der Waals surface area contributed by atoms with Crippen molar-refractivity contribution in [2.24, 2.45) is 0 Å². The van der Waals surface area contributed by atoms with Gasteiger partial charge in [-0.1, -0.05) is 12.5 Å². The molecule has 142 valence electrons. The number of halogens is 4. The summed E-state index contributed by atoms with van der Waals surface area (Å²) in [5, 5.41) is 5.68. The molecule has 1 amide bonds. The molecule has 25 heavy (non-hydrogen) atoms. The molecular weight excluding hydrogens is 357 g/mol. The second kappa shape index (κ2) is 9.29. The summed E-state index contributed by atoms with van der Waals surface area (Å²) < 4.78 is 45.1.